The monoisotopic (exact) mass is 467 g/mol. The summed E-state index contributed by atoms with van der Waals surface area (Å²) in [6.45, 7) is 7.80. The molecule has 178 valence electrons. The number of carbonyl (C=O) groups is 1. The molecule has 4 rings (SSSR count). The van der Waals surface area contributed by atoms with Crippen LogP contribution in [0.3, 0.4) is 0 Å². The van der Waals surface area contributed by atoms with Crippen molar-refractivity contribution in [1.82, 2.24) is 15.0 Å². The second-order valence-electron chi connectivity index (χ2n) is 8.51. The summed E-state index contributed by atoms with van der Waals surface area (Å²) < 4.78 is 0. The van der Waals surface area contributed by atoms with Crippen molar-refractivity contribution < 1.29 is 4.79 Å². The first-order valence-electron chi connectivity index (χ1n) is 11.4. The molecule has 3 aromatic carbocycles. The minimum atomic E-state index is -0.586. The second kappa shape index (κ2) is 10.6. The summed E-state index contributed by atoms with van der Waals surface area (Å²) in [7, 11) is 0. The van der Waals surface area contributed by atoms with Gasteiger partial charge in [-0.3, -0.25) is 4.79 Å². The summed E-state index contributed by atoms with van der Waals surface area (Å²) in [6, 6.07) is 22.9. The van der Waals surface area contributed by atoms with Crippen LogP contribution in [0.4, 0.5) is 34.9 Å². The molecule has 0 radical (unpaired) electrons. The van der Waals surface area contributed by atoms with Crippen molar-refractivity contribution in [3.05, 3.63) is 89.5 Å². The van der Waals surface area contributed by atoms with Crippen LogP contribution in [0.5, 0.6) is 0 Å². The fourth-order valence-corrected chi connectivity index (χ4v) is 3.32. The van der Waals surface area contributed by atoms with Crippen molar-refractivity contribution in [3.63, 3.8) is 0 Å². The Kier molecular flexibility index (Phi) is 7.21. The van der Waals surface area contributed by atoms with E-state index in [0.717, 1.165) is 33.8 Å². The van der Waals surface area contributed by atoms with Crippen LogP contribution in [0.25, 0.3) is 0 Å². The first-order valence-corrected chi connectivity index (χ1v) is 11.4. The molecule has 8 nitrogen and oxygen atoms in total. The van der Waals surface area contributed by atoms with Crippen molar-refractivity contribution in [1.29, 1.82) is 0 Å². The number of anilines is 6. The number of rotatable bonds is 8. The first-order chi connectivity index (χ1) is 16.8. The van der Waals surface area contributed by atoms with Crippen LogP contribution in [0, 0.1) is 20.8 Å². The van der Waals surface area contributed by atoms with Crippen LogP contribution < -0.4 is 21.3 Å². The van der Waals surface area contributed by atoms with Crippen LogP contribution >= 0.6 is 0 Å². The molecule has 4 N–H and O–H groups in total. The zero-order valence-electron chi connectivity index (χ0n) is 20.3. The lowest BCUT2D eigenvalue weighted by Gasteiger charge is -2.16. The summed E-state index contributed by atoms with van der Waals surface area (Å²) in [6.07, 6.45) is 0. The quantitative estimate of drug-likeness (QED) is 0.263. The largest absolute Gasteiger partial charge is 0.342 e. The van der Waals surface area contributed by atoms with Gasteiger partial charge in [0, 0.05) is 17.1 Å². The third-order valence-electron chi connectivity index (χ3n) is 5.28. The molecule has 8 heteroatoms. The Bertz CT molecular complexity index is 1240. The van der Waals surface area contributed by atoms with Gasteiger partial charge in [0.15, 0.2) is 0 Å². The molecule has 0 saturated carbocycles. The SMILES string of the molecule is Cc1ccc(Nc2nc(Nc3ccc(C)cc3)nc(NC(C)C(=O)Nc3cccc(C)c3)n2)cc1. The lowest BCUT2D eigenvalue weighted by Crippen LogP contribution is -2.32. The van der Waals surface area contributed by atoms with Crippen LogP contribution in [0.2, 0.25) is 0 Å². The molecular formula is C27H29N7O. The third kappa shape index (κ3) is 6.77. The van der Waals surface area contributed by atoms with E-state index in [9.17, 15) is 4.79 Å². The predicted octanol–water partition coefficient (Wildman–Crippen LogP) is 5.72. The maximum Gasteiger partial charge on any atom is 0.246 e. The molecule has 0 spiro atoms. The number of aromatic nitrogens is 3. The molecule has 0 aliphatic rings. The van der Waals surface area contributed by atoms with Gasteiger partial charge in [0.05, 0.1) is 0 Å². The molecule has 1 unspecified atom stereocenters. The smallest absolute Gasteiger partial charge is 0.246 e. The van der Waals surface area contributed by atoms with E-state index < -0.39 is 6.04 Å². The van der Waals surface area contributed by atoms with Crippen molar-refractivity contribution in [3.8, 4) is 0 Å². The fourth-order valence-electron chi connectivity index (χ4n) is 3.32. The highest BCUT2D eigenvalue weighted by atomic mass is 16.2. The van der Waals surface area contributed by atoms with Crippen molar-refractivity contribution >= 4 is 40.8 Å². The van der Waals surface area contributed by atoms with Gasteiger partial charge in [-0.25, -0.2) is 0 Å². The average molecular weight is 468 g/mol. The normalized spacial score (nSPS) is 11.4. The Labute approximate surface area is 205 Å². The van der Waals surface area contributed by atoms with Gasteiger partial charge in [-0.05, 0) is 69.7 Å². The van der Waals surface area contributed by atoms with Gasteiger partial charge < -0.3 is 21.3 Å². The maximum atomic E-state index is 12.8. The number of aryl methyl sites for hydroxylation is 3. The Hall–Kier alpha value is -4.46. The molecular weight excluding hydrogens is 438 g/mol. The van der Waals surface area contributed by atoms with E-state index >= 15 is 0 Å². The summed E-state index contributed by atoms with van der Waals surface area (Å²) in [5, 5.41) is 12.4. The molecule has 1 amide bonds. The fraction of sp³-hybridized carbons (Fsp3) is 0.185. The standard InChI is InChI=1S/C27H29N7O/c1-17-8-12-21(13-9-17)30-26-32-25(33-27(34-26)31-22-14-10-18(2)11-15-22)28-20(4)24(35)29-23-7-5-6-19(3)16-23/h5-16,20H,1-4H3,(H,29,35)(H3,28,30,31,32,33,34). The van der Waals surface area contributed by atoms with Crippen LogP contribution in [0.15, 0.2) is 72.8 Å². The molecule has 4 aromatic rings. The lowest BCUT2D eigenvalue weighted by molar-refractivity contribution is -0.116. The molecule has 0 bridgehead atoms. The Morgan fingerprint density at radius 1 is 0.657 bits per heavy atom. The Balaban J connectivity index is 1.55. The highest BCUT2D eigenvalue weighted by Crippen LogP contribution is 2.20. The summed E-state index contributed by atoms with van der Waals surface area (Å²) in [4.78, 5) is 26.3. The van der Waals surface area contributed by atoms with Gasteiger partial charge in [-0.15, -0.1) is 0 Å². The highest BCUT2D eigenvalue weighted by molar-refractivity contribution is 5.96. The zero-order chi connectivity index (χ0) is 24.8. The Morgan fingerprint density at radius 3 is 1.69 bits per heavy atom. The van der Waals surface area contributed by atoms with Gasteiger partial charge in [0.25, 0.3) is 0 Å². The number of carbonyl (C=O) groups excluding carboxylic acids is 1. The summed E-state index contributed by atoms with van der Waals surface area (Å²) in [5.74, 6) is 0.785. The molecule has 1 atom stereocenters. The van der Waals surface area contributed by atoms with Crippen molar-refractivity contribution in [2.24, 2.45) is 0 Å². The van der Waals surface area contributed by atoms with Gasteiger partial charge in [0.2, 0.25) is 23.8 Å². The second-order valence-corrected chi connectivity index (χ2v) is 8.51. The van der Waals surface area contributed by atoms with Gasteiger partial charge in [-0.2, -0.15) is 15.0 Å². The summed E-state index contributed by atoms with van der Waals surface area (Å²) in [5.41, 5.74) is 5.81. The molecule has 1 aromatic heterocycles. The number of amides is 1. The van der Waals surface area contributed by atoms with Gasteiger partial charge in [-0.1, -0.05) is 47.5 Å². The minimum absolute atomic E-state index is 0.197. The van der Waals surface area contributed by atoms with Crippen LogP contribution in [0.1, 0.15) is 23.6 Å². The van der Waals surface area contributed by atoms with E-state index in [-0.39, 0.29) is 11.9 Å². The number of nitrogens with zero attached hydrogens (tertiary/aromatic N) is 3. The van der Waals surface area contributed by atoms with Crippen LogP contribution in [-0.4, -0.2) is 26.9 Å². The van der Waals surface area contributed by atoms with Gasteiger partial charge >= 0.3 is 0 Å². The molecule has 1 heterocycles. The number of nitrogens with one attached hydrogen (secondary N) is 4. The first kappa shape index (κ1) is 23.7. The van der Waals surface area contributed by atoms with Gasteiger partial charge in [0.1, 0.15) is 6.04 Å². The average Bonchev–Trinajstić information content (AvgIpc) is 2.82. The zero-order valence-corrected chi connectivity index (χ0v) is 20.3. The van der Waals surface area contributed by atoms with E-state index in [4.69, 9.17) is 0 Å². The minimum Gasteiger partial charge on any atom is -0.342 e. The van der Waals surface area contributed by atoms with E-state index in [1.54, 1.807) is 6.92 Å². The molecule has 0 aliphatic carbocycles. The van der Waals surface area contributed by atoms with E-state index in [1.807, 2.05) is 93.6 Å². The lowest BCUT2D eigenvalue weighted by atomic mass is 10.2. The molecule has 0 aliphatic heterocycles. The highest BCUT2D eigenvalue weighted by Gasteiger charge is 2.16. The molecule has 35 heavy (non-hydrogen) atoms. The van der Waals surface area contributed by atoms with E-state index in [1.165, 1.54) is 0 Å². The molecule has 0 saturated heterocycles. The predicted molar refractivity (Wildman–Crippen MR) is 142 cm³/mol. The van der Waals surface area contributed by atoms with Crippen LogP contribution in [-0.2, 0) is 4.79 Å². The van der Waals surface area contributed by atoms with Crippen molar-refractivity contribution in [2.75, 3.05) is 21.3 Å². The summed E-state index contributed by atoms with van der Waals surface area (Å²) >= 11 is 0. The van der Waals surface area contributed by atoms with E-state index in [0.29, 0.717) is 11.9 Å². The Morgan fingerprint density at radius 2 is 1.17 bits per heavy atom. The number of benzene rings is 3. The van der Waals surface area contributed by atoms with Crippen molar-refractivity contribution in [2.45, 2.75) is 33.7 Å². The van der Waals surface area contributed by atoms with E-state index in [2.05, 4.69) is 36.2 Å². The number of hydrogen-bond acceptors (Lipinski definition) is 7. The topological polar surface area (TPSA) is 104 Å². The molecule has 0 fully saturated rings. The number of hydrogen-bond donors (Lipinski definition) is 4. The third-order valence-corrected chi connectivity index (χ3v) is 5.28. The maximum absolute atomic E-state index is 12.8.